The fraction of sp³-hybridized carbons (Fsp3) is 0.188. The van der Waals surface area contributed by atoms with Gasteiger partial charge < -0.3 is 9.80 Å². The number of benzene rings is 1. The van der Waals surface area contributed by atoms with Crippen molar-refractivity contribution in [2.45, 2.75) is 0 Å². The van der Waals surface area contributed by atoms with Crippen LogP contribution in [0.2, 0.25) is 0 Å². The smallest absolute Gasteiger partial charge is 0.215 e. The molecule has 2 aromatic heterocycles. The summed E-state index contributed by atoms with van der Waals surface area (Å²) >= 11 is 0. The molecule has 0 aliphatic rings. The van der Waals surface area contributed by atoms with Gasteiger partial charge in [-0.1, -0.05) is 18.2 Å². The molecule has 1 aromatic carbocycles. The summed E-state index contributed by atoms with van der Waals surface area (Å²) in [7, 11) is 5.90. The van der Waals surface area contributed by atoms with E-state index in [-0.39, 0.29) is 0 Å². The first-order chi connectivity index (χ1) is 10.7. The van der Waals surface area contributed by atoms with E-state index in [0.29, 0.717) is 0 Å². The molecule has 0 amide bonds. The number of hydrogen-bond donors (Lipinski definition) is 0. The summed E-state index contributed by atoms with van der Waals surface area (Å²) in [6, 6.07) is 12.0. The molecule has 0 spiro atoms. The van der Waals surface area contributed by atoms with E-state index in [9.17, 15) is 0 Å². The lowest BCUT2D eigenvalue weighted by Gasteiger charge is -2.20. The second-order valence-corrected chi connectivity index (χ2v) is 5.12. The third-order valence-corrected chi connectivity index (χ3v) is 3.41. The zero-order valence-corrected chi connectivity index (χ0v) is 12.9. The van der Waals surface area contributed by atoms with E-state index in [1.807, 2.05) is 78.1 Å². The molecule has 0 bridgehead atoms. The molecule has 0 N–H and O–H groups in total. The number of anilines is 3. The maximum absolute atomic E-state index is 4.46. The Kier molecular flexibility index (Phi) is 3.74. The lowest BCUT2D eigenvalue weighted by molar-refractivity contribution is 0.926. The van der Waals surface area contributed by atoms with Crippen LogP contribution in [0, 0.1) is 0 Å². The number of rotatable bonds is 4. The molecule has 2 heterocycles. The van der Waals surface area contributed by atoms with Gasteiger partial charge in [-0.3, -0.25) is 4.57 Å². The standard InChI is InChI=1S/C16H18N6/c1-20(2)14-11-15(19-12-18-14)22-10-9-17-16(22)21(3)13-7-5-4-6-8-13/h4-12H,1-3H3. The van der Waals surface area contributed by atoms with Gasteiger partial charge in [0, 0.05) is 45.3 Å². The van der Waals surface area contributed by atoms with Crippen LogP contribution >= 0.6 is 0 Å². The van der Waals surface area contributed by atoms with Crippen LogP contribution in [-0.2, 0) is 0 Å². The fourth-order valence-corrected chi connectivity index (χ4v) is 2.20. The van der Waals surface area contributed by atoms with Crippen LogP contribution in [0.3, 0.4) is 0 Å². The maximum Gasteiger partial charge on any atom is 0.215 e. The highest BCUT2D eigenvalue weighted by atomic mass is 15.3. The fourth-order valence-electron chi connectivity index (χ4n) is 2.20. The van der Waals surface area contributed by atoms with E-state index in [4.69, 9.17) is 0 Å². The van der Waals surface area contributed by atoms with Crippen molar-refractivity contribution in [3.8, 4) is 5.82 Å². The Morgan fingerprint density at radius 1 is 0.955 bits per heavy atom. The molecule has 0 unspecified atom stereocenters. The molecule has 3 aromatic rings. The first-order valence-electron chi connectivity index (χ1n) is 6.98. The Morgan fingerprint density at radius 2 is 1.73 bits per heavy atom. The minimum absolute atomic E-state index is 0.786. The third-order valence-electron chi connectivity index (χ3n) is 3.41. The predicted molar refractivity (Wildman–Crippen MR) is 88.0 cm³/mol. The number of para-hydroxylation sites is 1. The lowest BCUT2D eigenvalue weighted by Crippen LogP contribution is -2.16. The van der Waals surface area contributed by atoms with Crippen molar-refractivity contribution in [2.24, 2.45) is 0 Å². The lowest BCUT2D eigenvalue weighted by atomic mass is 10.3. The molecule has 112 valence electrons. The van der Waals surface area contributed by atoms with Gasteiger partial charge in [-0.15, -0.1) is 0 Å². The van der Waals surface area contributed by atoms with E-state index in [1.165, 1.54) is 0 Å². The van der Waals surface area contributed by atoms with Crippen molar-refractivity contribution in [3.05, 3.63) is 55.1 Å². The quantitative estimate of drug-likeness (QED) is 0.740. The van der Waals surface area contributed by atoms with E-state index >= 15 is 0 Å². The number of imidazole rings is 1. The van der Waals surface area contributed by atoms with Crippen molar-refractivity contribution in [3.63, 3.8) is 0 Å². The average Bonchev–Trinajstić information content (AvgIpc) is 3.04. The molecule has 0 fully saturated rings. The van der Waals surface area contributed by atoms with Gasteiger partial charge in [0.15, 0.2) is 0 Å². The second-order valence-electron chi connectivity index (χ2n) is 5.12. The highest BCUT2D eigenvalue weighted by Gasteiger charge is 2.13. The predicted octanol–water partition coefficient (Wildman–Crippen LogP) is 2.50. The highest BCUT2D eigenvalue weighted by Crippen LogP contribution is 2.24. The van der Waals surface area contributed by atoms with Crippen molar-refractivity contribution in [1.82, 2.24) is 19.5 Å². The maximum atomic E-state index is 4.46. The van der Waals surface area contributed by atoms with Crippen LogP contribution in [-0.4, -0.2) is 40.7 Å². The number of aromatic nitrogens is 4. The van der Waals surface area contributed by atoms with Crippen molar-refractivity contribution in [2.75, 3.05) is 30.9 Å². The summed E-state index contributed by atoms with van der Waals surface area (Å²) in [6.45, 7) is 0. The van der Waals surface area contributed by atoms with Crippen molar-refractivity contribution in [1.29, 1.82) is 0 Å². The van der Waals surface area contributed by atoms with Gasteiger partial charge in [-0.05, 0) is 12.1 Å². The van der Waals surface area contributed by atoms with Crippen molar-refractivity contribution < 1.29 is 0 Å². The normalized spacial score (nSPS) is 10.5. The van der Waals surface area contributed by atoms with Gasteiger partial charge in [0.25, 0.3) is 0 Å². The topological polar surface area (TPSA) is 50.1 Å². The third kappa shape index (κ3) is 2.63. The molecule has 0 atom stereocenters. The molecular formula is C16H18N6. The summed E-state index contributed by atoms with van der Waals surface area (Å²) < 4.78 is 1.95. The van der Waals surface area contributed by atoms with Crippen LogP contribution in [0.4, 0.5) is 17.5 Å². The molecule has 0 saturated heterocycles. The molecular weight excluding hydrogens is 276 g/mol. The Hall–Kier alpha value is -2.89. The summed E-state index contributed by atoms with van der Waals surface area (Å²) in [5.41, 5.74) is 1.07. The van der Waals surface area contributed by atoms with E-state index in [2.05, 4.69) is 15.0 Å². The largest absolute Gasteiger partial charge is 0.363 e. The summed E-state index contributed by atoms with van der Waals surface area (Å²) in [5.74, 6) is 2.44. The van der Waals surface area contributed by atoms with Crippen molar-refractivity contribution >= 4 is 17.5 Å². The SMILES string of the molecule is CN(C)c1cc(-n2ccnc2N(C)c2ccccc2)ncn1. The highest BCUT2D eigenvalue weighted by molar-refractivity contribution is 5.58. The molecule has 0 aliphatic carbocycles. The van der Waals surface area contributed by atoms with E-state index < -0.39 is 0 Å². The minimum atomic E-state index is 0.786. The molecule has 6 heteroatoms. The molecule has 0 radical (unpaired) electrons. The van der Waals surface area contributed by atoms with Crippen LogP contribution in [0.5, 0.6) is 0 Å². The summed E-state index contributed by atoms with van der Waals surface area (Å²) in [5, 5.41) is 0. The minimum Gasteiger partial charge on any atom is -0.363 e. The van der Waals surface area contributed by atoms with Gasteiger partial charge in [-0.25, -0.2) is 15.0 Å². The van der Waals surface area contributed by atoms with Crippen LogP contribution in [0.25, 0.3) is 5.82 Å². The number of nitrogens with zero attached hydrogens (tertiary/aromatic N) is 6. The van der Waals surface area contributed by atoms with Crippen LogP contribution in [0.1, 0.15) is 0 Å². The summed E-state index contributed by atoms with van der Waals surface area (Å²) in [6.07, 6.45) is 5.24. The first-order valence-corrected chi connectivity index (χ1v) is 6.98. The Labute approximate surface area is 129 Å². The average molecular weight is 294 g/mol. The van der Waals surface area contributed by atoms with Gasteiger partial charge in [0.05, 0.1) is 0 Å². The van der Waals surface area contributed by atoms with Gasteiger partial charge in [0.1, 0.15) is 18.0 Å². The zero-order valence-electron chi connectivity index (χ0n) is 12.9. The van der Waals surface area contributed by atoms with Crippen LogP contribution < -0.4 is 9.80 Å². The van der Waals surface area contributed by atoms with Gasteiger partial charge in [0.2, 0.25) is 5.95 Å². The molecule has 3 rings (SSSR count). The van der Waals surface area contributed by atoms with E-state index in [1.54, 1.807) is 12.5 Å². The molecule has 0 aliphatic heterocycles. The Morgan fingerprint density at radius 3 is 2.45 bits per heavy atom. The van der Waals surface area contributed by atoms with Gasteiger partial charge >= 0.3 is 0 Å². The monoisotopic (exact) mass is 294 g/mol. The summed E-state index contributed by atoms with van der Waals surface area (Å²) in [4.78, 5) is 17.0. The molecule has 6 nitrogen and oxygen atoms in total. The van der Waals surface area contributed by atoms with Gasteiger partial charge in [-0.2, -0.15) is 0 Å². The van der Waals surface area contributed by atoms with E-state index in [0.717, 1.165) is 23.3 Å². The van der Waals surface area contributed by atoms with Crippen LogP contribution in [0.15, 0.2) is 55.1 Å². The Balaban J connectivity index is 2.01. The molecule has 22 heavy (non-hydrogen) atoms. The molecule has 0 saturated carbocycles. The second kappa shape index (κ2) is 5.85. The number of hydrogen-bond acceptors (Lipinski definition) is 5. The Bertz CT molecular complexity index is 750. The first kappa shape index (κ1) is 14.1. The zero-order chi connectivity index (χ0) is 15.5.